The summed E-state index contributed by atoms with van der Waals surface area (Å²) in [4.78, 5) is 13.0. The van der Waals surface area contributed by atoms with Crippen molar-refractivity contribution in [2.75, 3.05) is 5.32 Å². The van der Waals surface area contributed by atoms with Gasteiger partial charge < -0.3 is 5.32 Å². The Kier molecular flexibility index (Phi) is 5.51. The normalized spacial score (nSPS) is 11.6. The summed E-state index contributed by atoms with van der Waals surface area (Å²) >= 11 is 1.45. The summed E-state index contributed by atoms with van der Waals surface area (Å²) in [7, 11) is 0. The van der Waals surface area contributed by atoms with Crippen LogP contribution in [0.5, 0.6) is 0 Å². The zero-order valence-electron chi connectivity index (χ0n) is 17.2. The molecule has 33 heavy (non-hydrogen) atoms. The van der Waals surface area contributed by atoms with Crippen molar-refractivity contribution in [1.29, 1.82) is 0 Å². The summed E-state index contributed by atoms with van der Waals surface area (Å²) in [5.74, 6) is 0.557. The molecule has 3 aromatic heterocycles. The molecule has 0 bridgehead atoms. The highest BCUT2D eigenvalue weighted by atomic mass is 32.1. The summed E-state index contributed by atoms with van der Waals surface area (Å²) < 4.78 is 41.4. The van der Waals surface area contributed by atoms with Crippen LogP contribution < -0.4 is 5.32 Å². The number of hydrogen-bond donors (Lipinski definition) is 1. The van der Waals surface area contributed by atoms with Gasteiger partial charge in [0.2, 0.25) is 0 Å². The molecular weight excluding hydrogens is 445 g/mol. The van der Waals surface area contributed by atoms with Crippen molar-refractivity contribution in [3.8, 4) is 22.5 Å². The van der Waals surface area contributed by atoms with Gasteiger partial charge in [0, 0.05) is 24.5 Å². The van der Waals surface area contributed by atoms with Crippen LogP contribution in [0.3, 0.4) is 0 Å². The summed E-state index contributed by atoms with van der Waals surface area (Å²) in [6.45, 7) is 0.470. The van der Waals surface area contributed by atoms with E-state index in [0.717, 1.165) is 27.5 Å². The van der Waals surface area contributed by atoms with E-state index in [1.165, 1.54) is 23.5 Å². The maximum Gasteiger partial charge on any atom is 0.417 e. The number of aromatic nitrogens is 3. The first kappa shape index (κ1) is 21.1. The largest absolute Gasteiger partial charge is 0.417 e. The molecule has 0 atom stereocenters. The lowest BCUT2D eigenvalue weighted by Crippen LogP contribution is -2.09. The number of nitrogens with one attached hydrogen (secondary N) is 1. The maximum atomic E-state index is 13.5. The van der Waals surface area contributed by atoms with E-state index in [-0.39, 0.29) is 11.4 Å². The third-order valence-corrected chi connectivity index (χ3v) is 6.10. The van der Waals surface area contributed by atoms with E-state index in [4.69, 9.17) is 0 Å². The molecule has 0 aliphatic rings. The lowest BCUT2D eigenvalue weighted by molar-refractivity contribution is -0.137. The van der Waals surface area contributed by atoms with Crippen molar-refractivity contribution in [3.63, 3.8) is 0 Å². The van der Waals surface area contributed by atoms with Crippen LogP contribution >= 0.6 is 11.3 Å². The molecule has 0 amide bonds. The van der Waals surface area contributed by atoms with Gasteiger partial charge in [0.25, 0.3) is 0 Å². The monoisotopic (exact) mass is 462 g/mol. The van der Waals surface area contributed by atoms with Gasteiger partial charge in [-0.1, -0.05) is 48.5 Å². The maximum absolute atomic E-state index is 13.5. The van der Waals surface area contributed by atoms with Gasteiger partial charge in [0.1, 0.15) is 5.82 Å². The molecule has 0 radical (unpaired) electrons. The SMILES string of the molecule is FC(F)(F)c1ccccc1-c1nc(NCc2ccc(-c3cccnc3)cc2)c2sccc2n1. The molecule has 0 saturated carbocycles. The third kappa shape index (κ3) is 4.42. The fraction of sp³-hybridized carbons (Fsp3) is 0.0800. The Morgan fingerprint density at radius 1 is 0.848 bits per heavy atom. The summed E-state index contributed by atoms with van der Waals surface area (Å²) in [5.41, 5.74) is 2.92. The van der Waals surface area contributed by atoms with Crippen LogP contribution in [-0.4, -0.2) is 15.0 Å². The van der Waals surface area contributed by atoms with E-state index in [0.29, 0.717) is 17.9 Å². The Morgan fingerprint density at radius 3 is 2.42 bits per heavy atom. The first-order valence-corrected chi connectivity index (χ1v) is 11.0. The second-order valence-electron chi connectivity index (χ2n) is 7.37. The first-order valence-electron chi connectivity index (χ1n) is 10.1. The van der Waals surface area contributed by atoms with Crippen LogP contribution in [-0.2, 0) is 12.7 Å². The van der Waals surface area contributed by atoms with Crippen molar-refractivity contribution in [2.45, 2.75) is 12.7 Å². The second-order valence-corrected chi connectivity index (χ2v) is 8.28. The van der Waals surface area contributed by atoms with E-state index in [1.54, 1.807) is 18.3 Å². The van der Waals surface area contributed by atoms with E-state index >= 15 is 0 Å². The zero-order valence-corrected chi connectivity index (χ0v) is 18.0. The van der Waals surface area contributed by atoms with Crippen molar-refractivity contribution < 1.29 is 13.2 Å². The fourth-order valence-electron chi connectivity index (χ4n) is 3.56. The second kappa shape index (κ2) is 8.63. The van der Waals surface area contributed by atoms with Crippen LogP contribution in [0.2, 0.25) is 0 Å². The highest BCUT2D eigenvalue weighted by molar-refractivity contribution is 7.17. The third-order valence-electron chi connectivity index (χ3n) is 5.19. The minimum absolute atomic E-state index is 0.0398. The average molecular weight is 463 g/mol. The number of anilines is 1. The number of fused-ring (bicyclic) bond motifs is 1. The fourth-order valence-corrected chi connectivity index (χ4v) is 4.36. The number of nitrogens with zero attached hydrogens (tertiary/aromatic N) is 3. The number of rotatable bonds is 5. The van der Waals surface area contributed by atoms with Crippen LogP contribution in [0.25, 0.3) is 32.7 Å². The number of thiophene rings is 1. The van der Waals surface area contributed by atoms with Crippen molar-refractivity contribution >= 4 is 27.4 Å². The van der Waals surface area contributed by atoms with Crippen LogP contribution in [0, 0.1) is 0 Å². The molecule has 0 saturated heterocycles. The summed E-state index contributed by atoms with van der Waals surface area (Å²) in [5, 5.41) is 5.14. The van der Waals surface area contributed by atoms with Gasteiger partial charge in [0.15, 0.2) is 5.82 Å². The average Bonchev–Trinajstić information content (AvgIpc) is 3.32. The van der Waals surface area contributed by atoms with Gasteiger partial charge >= 0.3 is 6.18 Å². The Morgan fingerprint density at radius 2 is 1.67 bits per heavy atom. The Labute approximate surface area is 191 Å². The van der Waals surface area contributed by atoms with E-state index in [1.807, 2.05) is 48.0 Å². The number of alkyl halides is 3. The topological polar surface area (TPSA) is 50.7 Å². The first-order chi connectivity index (χ1) is 16.0. The zero-order chi connectivity index (χ0) is 22.8. The van der Waals surface area contributed by atoms with Gasteiger partial charge in [0.05, 0.1) is 15.8 Å². The Balaban J connectivity index is 1.44. The van der Waals surface area contributed by atoms with Gasteiger partial charge in [-0.15, -0.1) is 11.3 Å². The van der Waals surface area contributed by atoms with E-state index in [9.17, 15) is 13.2 Å². The van der Waals surface area contributed by atoms with E-state index in [2.05, 4.69) is 20.3 Å². The molecule has 1 N–H and O–H groups in total. The highest BCUT2D eigenvalue weighted by Crippen LogP contribution is 2.37. The molecule has 4 nitrogen and oxygen atoms in total. The van der Waals surface area contributed by atoms with Crippen LogP contribution in [0.1, 0.15) is 11.1 Å². The minimum atomic E-state index is -4.49. The Bertz CT molecular complexity index is 1400. The predicted octanol–water partition coefficient (Wildman–Crippen LogP) is 7.05. The molecule has 3 heterocycles. The molecule has 164 valence electrons. The molecule has 5 aromatic rings. The molecule has 0 fully saturated rings. The minimum Gasteiger partial charge on any atom is -0.365 e. The molecule has 0 aliphatic heterocycles. The number of pyridine rings is 1. The van der Waals surface area contributed by atoms with Crippen molar-refractivity contribution in [2.24, 2.45) is 0 Å². The smallest absolute Gasteiger partial charge is 0.365 e. The van der Waals surface area contributed by atoms with Crippen molar-refractivity contribution in [1.82, 2.24) is 15.0 Å². The lowest BCUT2D eigenvalue weighted by Gasteiger charge is -2.13. The van der Waals surface area contributed by atoms with Crippen molar-refractivity contribution in [3.05, 3.63) is 95.6 Å². The van der Waals surface area contributed by atoms with E-state index < -0.39 is 11.7 Å². The number of benzene rings is 2. The molecular formula is C25H17F3N4S. The Hall–Kier alpha value is -3.78. The molecule has 0 aliphatic carbocycles. The standard InChI is InChI=1S/C25H17F3N4S/c26-25(27,28)20-6-2-1-5-19(20)23-31-21-11-13-33-22(21)24(32-23)30-14-16-7-9-17(10-8-16)18-4-3-12-29-15-18/h1-13,15H,14H2,(H,30,31,32). The number of halogens is 3. The van der Waals surface area contributed by atoms with Crippen LogP contribution in [0.15, 0.2) is 84.5 Å². The quantitative estimate of drug-likeness (QED) is 0.304. The highest BCUT2D eigenvalue weighted by Gasteiger charge is 2.34. The van der Waals surface area contributed by atoms with Gasteiger partial charge in [-0.05, 0) is 40.3 Å². The predicted molar refractivity (Wildman–Crippen MR) is 125 cm³/mol. The molecule has 0 unspecified atom stereocenters. The number of hydrogen-bond acceptors (Lipinski definition) is 5. The van der Waals surface area contributed by atoms with Crippen LogP contribution in [0.4, 0.5) is 19.0 Å². The lowest BCUT2D eigenvalue weighted by atomic mass is 10.1. The van der Waals surface area contributed by atoms with Gasteiger partial charge in [-0.3, -0.25) is 4.98 Å². The molecule has 0 spiro atoms. The summed E-state index contributed by atoms with van der Waals surface area (Å²) in [6, 6.07) is 19.1. The summed E-state index contributed by atoms with van der Waals surface area (Å²) in [6.07, 6.45) is -0.953. The molecule has 5 rings (SSSR count). The molecule has 2 aromatic carbocycles. The van der Waals surface area contributed by atoms with Gasteiger partial charge in [-0.2, -0.15) is 13.2 Å². The van der Waals surface area contributed by atoms with Gasteiger partial charge in [-0.25, -0.2) is 9.97 Å². The molecule has 8 heteroatoms.